The Morgan fingerprint density at radius 2 is 1.74 bits per heavy atom. The van der Waals surface area contributed by atoms with Crippen molar-refractivity contribution >= 4 is 40.1 Å². The highest BCUT2D eigenvalue weighted by atomic mass is 19.1. The van der Waals surface area contributed by atoms with E-state index in [9.17, 15) is 23.9 Å². The topological polar surface area (TPSA) is 135 Å². The van der Waals surface area contributed by atoms with Crippen molar-refractivity contribution in [2.45, 2.75) is 6.42 Å². The number of aromatic amines is 1. The lowest BCUT2D eigenvalue weighted by atomic mass is 10.1. The second kappa shape index (κ2) is 9.26. The monoisotopic (exact) mass is 456 g/mol. The van der Waals surface area contributed by atoms with Gasteiger partial charge in [-0.15, -0.1) is 0 Å². The number of carbonyl (C=O) groups is 3. The number of nitriles is 1. The summed E-state index contributed by atoms with van der Waals surface area (Å²) < 4.78 is 13.1. The van der Waals surface area contributed by atoms with E-state index in [0.29, 0.717) is 22.2 Å². The van der Waals surface area contributed by atoms with Crippen LogP contribution in [0.5, 0.6) is 0 Å². The molecule has 0 radical (unpaired) electrons. The van der Waals surface area contributed by atoms with Gasteiger partial charge in [0.1, 0.15) is 11.5 Å². The van der Waals surface area contributed by atoms with Crippen LogP contribution in [0.15, 0.2) is 66.7 Å². The van der Waals surface area contributed by atoms with Crippen LogP contribution in [0.3, 0.4) is 0 Å². The Bertz CT molecular complexity index is 1470. The Morgan fingerprint density at radius 1 is 0.971 bits per heavy atom. The first kappa shape index (κ1) is 22.2. The van der Waals surface area contributed by atoms with Crippen LogP contribution in [0.25, 0.3) is 10.9 Å². The molecule has 8 nitrogen and oxygen atoms in total. The Kier molecular flexibility index (Phi) is 6.05. The van der Waals surface area contributed by atoms with Crippen LogP contribution in [-0.4, -0.2) is 27.9 Å². The van der Waals surface area contributed by atoms with Crippen LogP contribution in [0.4, 0.5) is 15.8 Å². The summed E-state index contributed by atoms with van der Waals surface area (Å²) in [6.45, 7) is 0. The molecule has 9 heteroatoms. The van der Waals surface area contributed by atoms with E-state index in [1.807, 2.05) is 6.07 Å². The SMILES string of the molecule is N#Cc1ccc(NC(=O)c2cc3cccc(NC(=O)Cc4ccc(F)cc4)c3[nH]2)c(C(=O)O)c1. The number of H-pyrrole nitrogens is 1. The summed E-state index contributed by atoms with van der Waals surface area (Å²) in [6, 6.07) is 18.1. The Hall–Kier alpha value is -4.97. The predicted octanol–water partition coefficient (Wildman–Crippen LogP) is 4.31. The molecule has 3 aromatic carbocycles. The summed E-state index contributed by atoms with van der Waals surface area (Å²) in [5.74, 6) is -2.58. The fourth-order valence-electron chi connectivity index (χ4n) is 3.45. The van der Waals surface area contributed by atoms with E-state index in [-0.39, 0.29) is 40.7 Å². The van der Waals surface area contributed by atoms with E-state index in [4.69, 9.17) is 5.26 Å². The quantitative estimate of drug-likeness (QED) is 0.343. The first-order valence-electron chi connectivity index (χ1n) is 10.1. The lowest BCUT2D eigenvalue weighted by Gasteiger charge is -2.08. The van der Waals surface area contributed by atoms with Crippen LogP contribution < -0.4 is 10.6 Å². The van der Waals surface area contributed by atoms with Gasteiger partial charge in [-0.3, -0.25) is 9.59 Å². The molecule has 4 N–H and O–H groups in total. The van der Waals surface area contributed by atoms with Gasteiger partial charge in [0.2, 0.25) is 5.91 Å². The minimum Gasteiger partial charge on any atom is -0.478 e. The number of anilines is 2. The number of nitrogens with one attached hydrogen (secondary N) is 3. The molecule has 0 unspecified atom stereocenters. The molecule has 0 spiro atoms. The van der Waals surface area contributed by atoms with Gasteiger partial charge in [0.05, 0.1) is 40.5 Å². The maximum absolute atomic E-state index is 13.1. The Labute approximate surface area is 192 Å². The summed E-state index contributed by atoms with van der Waals surface area (Å²) >= 11 is 0. The molecule has 0 fully saturated rings. The van der Waals surface area contributed by atoms with E-state index in [1.165, 1.54) is 42.5 Å². The highest BCUT2D eigenvalue weighted by molar-refractivity contribution is 6.10. The largest absolute Gasteiger partial charge is 0.478 e. The van der Waals surface area contributed by atoms with E-state index in [0.717, 1.165) is 0 Å². The first-order chi connectivity index (χ1) is 16.3. The third-order valence-electron chi connectivity index (χ3n) is 5.08. The van der Waals surface area contributed by atoms with Crippen LogP contribution >= 0.6 is 0 Å². The van der Waals surface area contributed by atoms with Gasteiger partial charge in [-0.05, 0) is 48.0 Å². The molecule has 4 aromatic rings. The fraction of sp³-hybridized carbons (Fsp3) is 0.0400. The van der Waals surface area contributed by atoms with Crippen molar-refractivity contribution in [3.63, 3.8) is 0 Å². The van der Waals surface area contributed by atoms with Crippen molar-refractivity contribution in [3.8, 4) is 6.07 Å². The van der Waals surface area contributed by atoms with Crippen molar-refractivity contribution in [2.75, 3.05) is 10.6 Å². The number of rotatable bonds is 6. The van der Waals surface area contributed by atoms with Crippen molar-refractivity contribution < 1.29 is 23.9 Å². The highest BCUT2D eigenvalue weighted by Crippen LogP contribution is 2.25. The average Bonchev–Trinajstić information content (AvgIpc) is 3.26. The van der Waals surface area contributed by atoms with Crippen LogP contribution in [0.2, 0.25) is 0 Å². The molecule has 0 aliphatic carbocycles. The van der Waals surface area contributed by atoms with E-state index < -0.39 is 11.9 Å². The van der Waals surface area contributed by atoms with Crippen LogP contribution in [0.1, 0.15) is 32.0 Å². The second-order valence-corrected chi connectivity index (χ2v) is 7.44. The fourth-order valence-corrected chi connectivity index (χ4v) is 3.45. The highest BCUT2D eigenvalue weighted by Gasteiger charge is 2.17. The third-order valence-corrected chi connectivity index (χ3v) is 5.08. The molecule has 0 atom stereocenters. The van der Waals surface area contributed by atoms with Gasteiger partial charge < -0.3 is 20.7 Å². The number of carboxylic acids is 1. The number of fused-ring (bicyclic) bond motifs is 1. The molecule has 168 valence electrons. The number of hydrogen-bond donors (Lipinski definition) is 4. The molecule has 1 heterocycles. The smallest absolute Gasteiger partial charge is 0.337 e. The Morgan fingerprint density at radius 3 is 2.44 bits per heavy atom. The average molecular weight is 456 g/mol. The van der Waals surface area contributed by atoms with Crippen molar-refractivity contribution in [1.29, 1.82) is 5.26 Å². The Balaban J connectivity index is 1.55. The number of carboxylic acid groups (broad SMARTS) is 1. The predicted molar refractivity (Wildman–Crippen MR) is 123 cm³/mol. The maximum Gasteiger partial charge on any atom is 0.337 e. The summed E-state index contributed by atoms with van der Waals surface area (Å²) in [5.41, 5.74) is 1.75. The lowest BCUT2D eigenvalue weighted by Crippen LogP contribution is -2.16. The molecule has 4 rings (SSSR count). The summed E-state index contributed by atoms with van der Waals surface area (Å²) in [4.78, 5) is 39.7. The van der Waals surface area contributed by atoms with Crippen LogP contribution in [0, 0.1) is 17.1 Å². The summed E-state index contributed by atoms with van der Waals surface area (Å²) in [7, 11) is 0. The van der Waals surface area contributed by atoms with Gasteiger partial charge in [-0.25, -0.2) is 9.18 Å². The number of carbonyl (C=O) groups excluding carboxylic acids is 2. The molecule has 0 aliphatic rings. The number of para-hydroxylation sites is 1. The lowest BCUT2D eigenvalue weighted by molar-refractivity contribution is -0.115. The normalized spacial score (nSPS) is 10.5. The second-order valence-electron chi connectivity index (χ2n) is 7.44. The minimum absolute atomic E-state index is 0.0430. The zero-order valence-electron chi connectivity index (χ0n) is 17.6. The van der Waals surface area contributed by atoms with E-state index in [2.05, 4.69) is 15.6 Å². The zero-order valence-corrected chi connectivity index (χ0v) is 17.6. The molecule has 0 saturated carbocycles. The molecule has 0 bridgehead atoms. The number of nitrogens with zero attached hydrogens (tertiary/aromatic N) is 1. The summed E-state index contributed by atoms with van der Waals surface area (Å²) in [5, 5.41) is 24.4. The maximum atomic E-state index is 13.1. The van der Waals surface area contributed by atoms with Crippen LogP contribution in [-0.2, 0) is 11.2 Å². The number of benzene rings is 3. The number of aromatic nitrogens is 1. The molecule has 0 aliphatic heterocycles. The standard InChI is InChI=1S/C25H17FN4O4/c26-17-7-4-14(5-8-17)11-22(31)28-20-3-1-2-16-12-21(29-23(16)20)24(32)30-19-9-6-15(13-27)10-18(19)25(33)34/h1-10,12,29H,11H2,(H,28,31)(H,30,32)(H,33,34). The van der Waals surface area contributed by atoms with Crippen molar-refractivity contribution in [1.82, 2.24) is 4.98 Å². The number of halogens is 1. The van der Waals surface area contributed by atoms with Gasteiger partial charge in [-0.1, -0.05) is 24.3 Å². The first-order valence-corrected chi connectivity index (χ1v) is 10.1. The molecule has 34 heavy (non-hydrogen) atoms. The zero-order chi connectivity index (χ0) is 24.2. The van der Waals surface area contributed by atoms with E-state index >= 15 is 0 Å². The molecular weight excluding hydrogens is 439 g/mol. The van der Waals surface area contributed by atoms with Gasteiger partial charge >= 0.3 is 5.97 Å². The molecule has 1 aromatic heterocycles. The van der Waals surface area contributed by atoms with Gasteiger partial charge in [0.15, 0.2) is 0 Å². The van der Waals surface area contributed by atoms with Gasteiger partial charge in [0, 0.05) is 5.39 Å². The number of amides is 2. The summed E-state index contributed by atoms with van der Waals surface area (Å²) in [6.07, 6.45) is 0.0430. The molecule has 0 saturated heterocycles. The van der Waals surface area contributed by atoms with E-state index in [1.54, 1.807) is 24.3 Å². The van der Waals surface area contributed by atoms with Gasteiger partial charge in [0.25, 0.3) is 5.91 Å². The molecular formula is C25H17FN4O4. The number of hydrogen-bond acceptors (Lipinski definition) is 4. The third kappa shape index (κ3) is 4.76. The van der Waals surface area contributed by atoms with Gasteiger partial charge in [-0.2, -0.15) is 5.26 Å². The number of aromatic carboxylic acids is 1. The minimum atomic E-state index is -1.28. The molecule has 2 amide bonds. The van der Waals surface area contributed by atoms with Crippen molar-refractivity contribution in [3.05, 3.63) is 94.9 Å². The van der Waals surface area contributed by atoms with Crippen molar-refractivity contribution in [2.24, 2.45) is 0 Å².